The average Bonchev–Trinajstić information content (AvgIpc) is 3.95. The maximum absolute atomic E-state index is 4.11. The second kappa shape index (κ2) is 13.8. The Morgan fingerprint density at radius 1 is 0.519 bits per heavy atom. The summed E-state index contributed by atoms with van der Waals surface area (Å²) >= 11 is -4.11. The van der Waals surface area contributed by atoms with Gasteiger partial charge in [-0.15, -0.1) is 0 Å². The number of allylic oxidation sites excluding steroid dienone is 2. The summed E-state index contributed by atoms with van der Waals surface area (Å²) in [6.45, 7) is 18.7. The van der Waals surface area contributed by atoms with Gasteiger partial charge in [-0.05, 0) is 0 Å². The summed E-state index contributed by atoms with van der Waals surface area (Å²) in [5.41, 5.74) is 19.3. The molecule has 0 saturated heterocycles. The molecule has 0 spiro atoms. The van der Waals surface area contributed by atoms with E-state index in [2.05, 4.69) is 162 Å². The van der Waals surface area contributed by atoms with Crippen LogP contribution in [-0.2, 0) is 28.0 Å². The van der Waals surface area contributed by atoms with Crippen molar-refractivity contribution in [1.82, 2.24) is 0 Å². The van der Waals surface area contributed by atoms with Crippen molar-refractivity contribution < 1.29 is 17.1 Å². The van der Waals surface area contributed by atoms with Crippen LogP contribution in [0.5, 0.6) is 0 Å². The van der Waals surface area contributed by atoms with E-state index in [9.17, 15) is 0 Å². The monoisotopic (exact) mass is 898 g/mol. The first-order valence-corrected chi connectivity index (χ1v) is 39.9. The fourth-order valence-electron chi connectivity index (χ4n) is 12.2. The summed E-state index contributed by atoms with van der Waals surface area (Å²) in [6, 6.07) is 29.4. The van der Waals surface area contributed by atoms with Crippen molar-refractivity contribution in [3.63, 3.8) is 0 Å². The quantitative estimate of drug-likeness (QED) is 0.169. The molecule has 4 aliphatic carbocycles. The topological polar surface area (TPSA) is 0 Å². The third-order valence-corrected chi connectivity index (χ3v) is 70.7. The van der Waals surface area contributed by atoms with Crippen LogP contribution < -0.4 is 0 Å². The van der Waals surface area contributed by atoms with Crippen molar-refractivity contribution in [2.75, 3.05) is 0 Å². The summed E-state index contributed by atoms with van der Waals surface area (Å²) in [7, 11) is 0. The molecule has 2 atom stereocenters. The first-order chi connectivity index (χ1) is 25.6. The first-order valence-electron chi connectivity index (χ1n) is 21.5. The zero-order chi connectivity index (χ0) is 38.2. The van der Waals surface area contributed by atoms with Crippen LogP contribution in [0.15, 0.2) is 84.9 Å². The Hall–Kier alpha value is -2.55. The normalized spacial score (nSPS) is 20.6. The van der Waals surface area contributed by atoms with Gasteiger partial charge >= 0.3 is 332 Å². The van der Waals surface area contributed by atoms with E-state index in [1.807, 2.05) is 0 Å². The van der Waals surface area contributed by atoms with E-state index in [1.54, 1.807) is 11.1 Å². The van der Waals surface area contributed by atoms with Gasteiger partial charge in [-0.2, -0.15) is 0 Å². The molecule has 54 heavy (non-hydrogen) atoms. The molecule has 0 bridgehead atoms. The predicted molar refractivity (Wildman–Crippen MR) is 236 cm³/mol. The molecule has 0 aromatic heterocycles. The molecule has 2 saturated carbocycles. The van der Waals surface area contributed by atoms with Gasteiger partial charge in [-0.3, -0.25) is 0 Å². The van der Waals surface area contributed by atoms with Crippen molar-refractivity contribution in [1.29, 1.82) is 0 Å². The Kier molecular flexibility index (Phi) is 9.81. The van der Waals surface area contributed by atoms with E-state index in [4.69, 9.17) is 0 Å². The molecule has 0 amide bonds. The molecule has 2 unspecified atom stereocenters. The van der Waals surface area contributed by atoms with Crippen molar-refractivity contribution in [3.05, 3.63) is 129 Å². The molecular formula is C52H66HfSi. The fraction of sp³-hybridized carbons (Fsp3) is 0.462. The van der Waals surface area contributed by atoms with Crippen LogP contribution in [0.2, 0.25) is 20.4 Å². The van der Waals surface area contributed by atoms with Crippen LogP contribution in [-0.4, -0.2) is 5.49 Å². The minimum absolute atomic E-state index is 0.149. The van der Waals surface area contributed by atoms with Gasteiger partial charge in [-0.25, -0.2) is 0 Å². The summed E-state index contributed by atoms with van der Waals surface area (Å²) < 4.78 is 7.25. The molecule has 4 aromatic rings. The van der Waals surface area contributed by atoms with Crippen molar-refractivity contribution in [3.8, 4) is 22.3 Å². The number of hydrogen-bond donors (Lipinski definition) is 0. The number of rotatable bonds is 6. The summed E-state index contributed by atoms with van der Waals surface area (Å²) in [6.07, 6.45) is 22.6. The molecular weight excluding hydrogens is 831 g/mol. The maximum atomic E-state index is 3.04. The van der Waals surface area contributed by atoms with Crippen molar-refractivity contribution in [2.24, 2.45) is 0 Å². The second-order valence-electron chi connectivity index (χ2n) is 20.9. The predicted octanol–water partition coefficient (Wildman–Crippen LogP) is 15.7. The molecule has 4 aliphatic rings. The number of aryl methyl sites for hydroxylation is 2. The Morgan fingerprint density at radius 2 is 0.907 bits per heavy atom. The van der Waals surface area contributed by atoms with E-state index in [0.717, 1.165) is 11.1 Å². The third-order valence-electron chi connectivity index (χ3n) is 15.0. The van der Waals surface area contributed by atoms with E-state index >= 15 is 0 Å². The fourth-order valence-corrected chi connectivity index (χ4v) is 79.1. The van der Waals surface area contributed by atoms with Crippen molar-refractivity contribution >= 4 is 17.6 Å². The van der Waals surface area contributed by atoms with Gasteiger partial charge in [0.2, 0.25) is 0 Å². The van der Waals surface area contributed by atoms with Gasteiger partial charge in [0.25, 0.3) is 0 Å². The molecule has 0 nitrogen and oxygen atoms in total. The van der Waals surface area contributed by atoms with E-state index in [0.29, 0.717) is 7.35 Å². The number of fused-ring (bicyclic) bond motifs is 2. The zero-order valence-corrected chi connectivity index (χ0v) is 39.8. The Bertz CT molecular complexity index is 2090. The van der Waals surface area contributed by atoms with Gasteiger partial charge in [0.05, 0.1) is 0 Å². The van der Waals surface area contributed by atoms with Crippen LogP contribution >= 0.6 is 0 Å². The Morgan fingerprint density at radius 3 is 1.26 bits per heavy atom. The van der Waals surface area contributed by atoms with Gasteiger partial charge in [-0.1, -0.05) is 0 Å². The molecule has 0 N–H and O–H groups in total. The number of benzene rings is 4. The van der Waals surface area contributed by atoms with Crippen LogP contribution in [0.4, 0.5) is 0 Å². The molecule has 8 rings (SSSR count). The Balaban J connectivity index is 1.34. The van der Waals surface area contributed by atoms with Gasteiger partial charge in [0.15, 0.2) is 0 Å². The average molecular weight is 898 g/mol. The van der Waals surface area contributed by atoms with Crippen LogP contribution in [0.3, 0.4) is 0 Å². The summed E-state index contributed by atoms with van der Waals surface area (Å²) in [5, 5.41) is 0. The first kappa shape index (κ1) is 38.3. The SMILES string of the molecule is Cc1cc(C(C)(C)C)ccc1-c1cccc2c1C=C[CH]2[Hf]([CH3])([CH3])([CH]1C=Cc2c(-c3ccc(C(C)(C)C)cc3C)cccc21)=[Si](C1CCCC1)C1CCCC1. The standard InChI is InChI=1S/2C20H21.C10H18Si.2CH3.Hf/c2*1-14-13-16(20(2,3)4)11-12-17(14)19-10-6-8-15-7-5-9-18(15)19;1-2-6-9(5-1)11-10-7-3-4-8-10;;;/h2*5-13H,1-4H3;9-10H,1-8H2;2*1H3;. The second-order valence-corrected chi connectivity index (χ2v) is 65.8. The van der Waals surface area contributed by atoms with Crippen molar-refractivity contribution in [2.45, 2.75) is 145 Å². The molecule has 282 valence electrons. The molecule has 4 aromatic carbocycles. The van der Waals surface area contributed by atoms with Crippen LogP contribution in [0.1, 0.15) is 145 Å². The van der Waals surface area contributed by atoms with Crippen LogP contribution in [0.25, 0.3) is 34.4 Å². The number of hydrogen-bond acceptors (Lipinski definition) is 0. The van der Waals surface area contributed by atoms with E-state index in [-0.39, 0.29) is 10.8 Å². The summed E-state index contributed by atoms with van der Waals surface area (Å²) in [5.74, 6) is 0. The molecule has 2 fully saturated rings. The molecule has 0 radical (unpaired) electrons. The van der Waals surface area contributed by atoms with Crippen LogP contribution in [0, 0.1) is 13.8 Å². The molecule has 2 heteroatoms. The summed E-state index contributed by atoms with van der Waals surface area (Å²) in [4.78, 5) is 0. The molecule has 0 heterocycles. The van der Waals surface area contributed by atoms with Gasteiger partial charge < -0.3 is 0 Å². The molecule has 0 aliphatic heterocycles. The van der Waals surface area contributed by atoms with Gasteiger partial charge in [0.1, 0.15) is 0 Å². The minimum atomic E-state index is -4.11. The third kappa shape index (κ3) is 6.33. The van der Waals surface area contributed by atoms with Gasteiger partial charge in [0, 0.05) is 0 Å². The van der Waals surface area contributed by atoms with E-state index in [1.165, 1.54) is 107 Å². The zero-order valence-electron chi connectivity index (χ0n) is 35.2. The van der Waals surface area contributed by atoms with E-state index < -0.39 is 22.6 Å². The Labute approximate surface area is 329 Å².